The Hall–Kier alpha value is -3.77. The van der Waals surface area contributed by atoms with Crippen LogP contribution in [0.25, 0.3) is 11.7 Å². The van der Waals surface area contributed by atoms with E-state index in [1.54, 1.807) is 19.2 Å². The molecule has 1 N–H and O–H groups in total. The van der Waals surface area contributed by atoms with Crippen molar-refractivity contribution in [2.75, 3.05) is 50.1 Å². The number of rotatable bonds is 7. The summed E-state index contributed by atoms with van der Waals surface area (Å²) >= 11 is 0. The van der Waals surface area contributed by atoms with Crippen LogP contribution < -0.4 is 15.0 Å². The molecular formula is C22H23N5O4. The van der Waals surface area contributed by atoms with Gasteiger partial charge in [0.05, 0.1) is 19.1 Å². The Morgan fingerprint density at radius 3 is 2.74 bits per heavy atom. The van der Waals surface area contributed by atoms with Crippen molar-refractivity contribution in [3.8, 4) is 23.5 Å². The first-order valence-electron chi connectivity index (χ1n) is 10.0. The van der Waals surface area contributed by atoms with Crippen molar-refractivity contribution >= 4 is 17.5 Å². The fourth-order valence-electron chi connectivity index (χ4n) is 3.50. The lowest BCUT2D eigenvalue weighted by Gasteiger charge is -2.34. The molecule has 0 saturated carbocycles. The second-order valence-electron chi connectivity index (χ2n) is 7.09. The second kappa shape index (κ2) is 9.36. The van der Waals surface area contributed by atoms with Crippen molar-refractivity contribution in [2.24, 2.45) is 0 Å². The molecule has 9 nitrogen and oxygen atoms in total. The molecule has 1 aromatic carbocycles. The highest BCUT2D eigenvalue weighted by molar-refractivity contribution is 5.92. The van der Waals surface area contributed by atoms with Crippen molar-refractivity contribution in [1.29, 1.82) is 5.26 Å². The summed E-state index contributed by atoms with van der Waals surface area (Å²) in [6.07, 6.45) is 1.92. The van der Waals surface area contributed by atoms with Crippen LogP contribution in [0.4, 0.5) is 11.6 Å². The normalized spacial score (nSPS) is 14.3. The van der Waals surface area contributed by atoms with Crippen molar-refractivity contribution in [3.63, 3.8) is 0 Å². The van der Waals surface area contributed by atoms with Gasteiger partial charge in [-0.25, -0.2) is 0 Å². The van der Waals surface area contributed by atoms with Crippen molar-refractivity contribution < 1.29 is 18.4 Å². The van der Waals surface area contributed by atoms with Crippen LogP contribution in [0.2, 0.25) is 0 Å². The van der Waals surface area contributed by atoms with Crippen LogP contribution >= 0.6 is 0 Å². The van der Waals surface area contributed by atoms with E-state index in [1.165, 1.54) is 6.26 Å². The van der Waals surface area contributed by atoms with Gasteiger partial charge in [0, 0.05) is 39.1 Å². The third-order valence-electron chi connectivity index (χ3n) is 5.14. The maximum atomic E-state index is 12.3. The Labute approximate surface area is 179 Å². The summed E-state index contributed by atoms with van der Waals surface area (Å²) in [6.45, 7) is 3.51. The third kappa shape index (κ3) is 4.70. The van der Waals surface area contributed by atoms with E-state index in [-0.39, 0.29) is 11.6 Å². The van der Waals surface area contributed by atoms with Crippen LogP contribution in [0, 0.1) is 11.3 Å². The molecule has 3 aromatic rings. The maximum Gasteiger partial charge on any atom is 0.266 e. The minimum atomic E-state index is -0.0583. The lowest BCUT2D eigenvalue weighted by Crippen LogP contribution is -2.47. The molecule has 3 heterocycles. The number of nitrogens with zero attached hydrogens (tertiary/aromatic N) is 4. The molecule has 4 rings (SSSR count). The zero-order chi connectivity index (χ0) is 21.6. The minimum Gasteiger partial charge on any atom is -0.495 e. The van der Waals surface area contributed by atoms with Gasteiger partial charge in [-0.3, -0.25) is 9.69 Å². The molecule has 0 atom stereocenters. The van der Waals surface area contributed by atoms with Gasteiger partial charge in [0.1, 0.15) is 11.8 Å². The number of carbonyl (C=O) groups is 1. The van der Waals surface area contributed by atoms with E-state index in [4.69, 9.17) is 13.6 Å². The molecule has 1 fully saturated rings. The molecule has 0 aliphatic carbocycles. The van der Waals surface area contributed by atoms with E-state index in [9.17, 15) is 10.1 Å². The van der Waals surface area contributed by atoms with Crippen LogP contribution in [0.5, 0.6) is 5.75 Å². The van der Waals surface area contributed by atoms with Gasteiger partial charge in [0.25, 0.3) is 5.89 Å². The molecule has 1 saturated heterocycles. The number of carbonyl (C=O) groups excluding carboxylic acids is 1. The zero-order valence-corrected chi connectivity index (χ0v) is 17.2. The van der Waals surface area contributed by atoms with Crippen LogP contribution in [-0.2, 0) is 4.79 Å². The van der Waals surface area contributed by atoms with Crippen LogP contribution in [0.15, 0.2) is 51.5 Å². The highest BCUT2D eigenvalue weighted by Gasteiger charge is 2.25. The Balaban J connectivity index is 1.29. The number of ether oxygens (including phenoxy) is 1. The topological polar surface area (TPSA) is 108 Å². The molecule has 1 amide bonds. The maximum absolute atomic E-state index is 12.3. The summed E-state index contributed by atoms with van der Waals surface area (Å²) in [5, 5.41) is 12.3. The van der Waals surface area contributed by atoms with E-state index in [0.29, 0.717) is 55.0 Å². The number of benzene rings is 1. The summed E-state index contributed by atoms with van der Waals surface area (Å²) in [5.41, 5.74) is 0.914. The van der Waals surface area contributed by atoms with Crippen molar-refractivity contribution in [2.45, 2.75) is 6.42 Å². The monoisotopic (exact) mass is 421 g/mol. The van der Waals surface area contributed by atoms with E-state index in [2.05, 4.69) is 21.3 Å². The molecule has 0 unspecified atom stereocenters. The van der Waals surface area contributed by atoms with Gasteiger partial charge in [-0.1, -0.05) is 12.1 Å². The summed E-state index contributed by atoms with van der Waals surface area (Å²) in [7, 11) is 1.58. The number of hydrogen-bond acceptors (Lipinski definition) is 8. The molecule has 2 aromatic heterocycles. The van der Waals surface area contributed by atoms with Gasteiger partial charge in [0.15, 0.2) is 5.76 Å². The number of nitriles is 1. The summed E-state index contributed by atoms with van der Waals surface area (Å²) < 4.78 is 16.4. The number of para-hydroxylation sites is 2. The number of methoxy groups -OCH3 is 1. The van der Waals surface area contributed by atoms with Crippen molar-refractivity contribution in [1.82, 2.24) is 9.88 Å². The molecule has 1 aliphatic rings. The molecule has 9 heteroatoms. The SMILES string of the molecule is COc1ccccc1NC(=O)CCN1CCN(c2oc(-c3ccco3)nc2C#N)CC1. The fourth-order valence-corrected chi connectivity index (χ4v) is 3.50. The van der Waals surface area contributed by atoms with Gasteiger partial charge < -0.3 is 23.8 Å². The number of nitrogens with one attached hydrogen (secondary N) is 1. The smallest absolute Gasteiger partial charge is 0.266 e. The molecule has 0 bridgehead atoms. The predicted molar refractivity (Wildman–Crippen MR) is 114 cm³/mol. The quantitative estimate of drug-likeness (QED) is 0.620. The molecule has 0 radical (unpaired) electrons. The average molecular weight is 421 g/mol. The molecule has 31 heavy (non-hydrogen) atoms. The molecule has 0 spiro atoms. The number of amides is 1. The number of anilines is 2. The summed E-state index contributed by atoms with van der Waals surface area (Å²) in [6, 6.07) is 12.9. The fraction of sp³-hybridized carbons (Fsp3) is 0.318. The van der Waals surface area contributed by atoms with E-state index in [0.717, 1.165) is 13.1 Å². The Morgan fingerprint density at radius 1 is 1.23 bits per heavy atom. The first-order valence-corrected chi connectivity index (χ1v) is 10.0. The number of oxazole rings is 1. The van der Waals surface area contributed by atoms with Gasteiger partial charge in [-0.2, -0.15) is 10.2 Å². The van der Waals surface area contributed by atoms with Gasteiger partial charge in [-0.15, -0.1) is 0 Å². The zero-order valence-electron chi connectivity index (χ0n) is 17.2. The Morgan fingerprint density at radius 2 is 2.03 bits per heavy atom. The Bertz CT molecular complexity index is 1060. The predicted octanol–water partition coefficient (Wildman–Crippen LogP) is 2.97. The third-order valence-corrected chi connectivity index (χ3v) is 5.14. The lowest BCUT2D eigenvalue weighted by molar-refractivity contribution is -0.116. The molecular weight excluding hydrogens is 398 g/mol. The number of hydrogen-bond donors (Lipinski definition) is 1. The van der Waals surface area contributed by atoms with Crippen LogP contribution in [0.3, 0.4) is 0 Å². The first-order chi connectivity index (χ1) is 15.2. The van der Waals surface area contributed by atoms with Crippen molar-refractivity contribution in [3.05, 3.63) is 48.4 Å². The standard InChI is InChI=1S/C22H23N5O4/c1-29-18-6-3-2-5-16(18)24-20(28)8-9-26-10-12-27(13-11-26)22-17(15-23)25-21(31-22)19-7-4-14-30-19/h2-7,14H,8-13H2,1H3,(H,24,28). The number of piperazine rings is 1. The van der Waals surface area contributed by atoms with E-state index < -0.39 is 0 Å². The Kier molecular flexibility index (Phi) is 6.19. The molecule has 160 valence electrons. The lowest BCUT2D eigenvalue weighted by atomic mass is 10.2. The van der Waals surface area contributed by atoms with Gasteiger partial charge in [-0.05, 0) is 24.3 Å². The highest BCUT2D eigenvalue weighted by atomic mass is 16.5. The summed E-state index contributed by atoms with van der Waals surface area (Å²) in [4.78, 5) is 20.8. The number of aromatic nitrogens is 1. The summed E-state index contributed by atoms with van der Waals surface area (Å²) in [5.74, 6) is 1.83. The average Bonchev–Trinajstić information content (AvgIpc) is 3.48. The van der Waals surface area contributed by atoms with E-state index >= 15 is 0 Å². The van der Waals surface area contributed by atoms with Crippen LogP contribution in [0.1, 0.15) is 12.1 Å². The highest BCUT2D eigenvalue weighted by Crippen LogP contribution is 2.29. The largest absolute Gasteiger partial charge is 0.495 e. The van der Waals surface area contributed by atoms with E-state index in [1.807, 2.05) is 29.2 Å². The first kappa shape index (κ1) is 20.5. The number of furan rings is 1. The molecule has 1 aliphatic heterocycles. The minimum absolute atomic E-state index is 0.0583. The van der Waals surface area contributed by atoms with Gasteiger partial charge in [0.2, 0.25) is 17.5 Å². The van der Waals surface area contributed by atoms with Gasteiger partial charge >= 0.3 is 0 Å². The second-order valence-corrected chi connectivity index (χ2v) is 7.09. The van der Waals surface area contributed by atoms with Crippen LogP contribution in [-0.4, -0.2) is 55.6 Å².